The third kappa shape index (κ3) is 2.84. The average molecular weight is 337 g/mol. The molecule has 2 heterocycles. The Balaban J connectivity index is 1.58. The number of hydrogen-bond acceptors (Lipinski definition) is 1. The third-order valence-electron chi connectivity index (χ3n) is 5.80. The zero-order valence-corrected chi connectivity index (χ0v) is 15.2. The second kappa shape index (κ2) is 6.58. The van der Waals surface area contributed by atoms with E-state index >= 15 is 0 Å². The molecule has 4 nitrogen and oxygen atoms in total. The molecular weight excluding hydrogens is 310 g/mol. The van der Waals surface area contributed by atoms with Crippen molar-refractivity contribution in [1.82, 2.24) is 9.47 Å². The molecule has 1 unspecified atom stereocenters. The van der Waals surface area contributed by atoms with Gasteiger partial charge in [0, 0.05) is 30.2 Å². The predicted octanol–water partition coefficient (Wildman–Crippen LogP) is 4.67. The minimum absolute atomic E-state index is 0.0379. The molecule has 2 aliphatic rings. The molecule has 4 rings (SSSR count). The topological polar surface area (TPSA) is 37.3 Å². The first-order chi connectivity index (χ1) is 12.2. The van der Waals surface area contributed by atoms with Crippen LogP contribution in [0.3, 0.4) is 0 Å². The second-order valence-electron chi connectivity index (χ2n) is 7.25. The second-order valence-corrected chi connectivity index (χ2v) is 7.25. The highest BCUT2D eigenvalue weighted by Gasteiger charge is 2.30. The molecule has 4 heteroatoms. The smallest absolute Gasteiger partial charge is 0.322 e. The van der Waals surface area contributed by atoms with Crippen molar-refractivity contribution in [3.8, 4) is 0 Å². The molecule has 1 aliphatic carbocycles. The van der Waals surface area contributed by atoms with Crippen molar-refractivity contribution in [1.29, 1.82) is 0 Å². The number of aromatic nitrogens is 1. The summed E-state index contributed by atoms with van der Waals surface area (Å²) < 4.78 is 2.35. The van der Waals surface area contributed by atoms with Crippen LogP contribution < -0.4 is 5.32 Å². The summed E-state index contributed by atoms with van der Waals surface area (Å²) in [5.41, 5.74) is 6.29. The molecule has 0 saturated heterocycles. The van der Waals surface area contributed by atoms with E-state index < -0.39 is 0 Å². The first-order valence-corrected chi connectivity index (χ1v) is 9.53. The average Bonchev–Trinajstić information content (AvgIpc) is 3.02. The lowest BCUT2D eigenvalue weighted by atomic mass is 9.90. The molecule has 2 amide bonds. The van der Waals surface area contributed by atoms with Crippen molar-refractivity contribution in [3.05, 3.63) is 52.8 Å². The van der Waals surface area contributed by atoms with Gasteiger partial charge in [0.1, 0.15) is 0 Å². The molecule has 25 heavy (non-hydrogen) atoms. The maximum Gasteiger partial charge on any atom is 0.322 e. The number of rotatable bonds is 2. The van der Waals surface area contributed by atoms with Gasteiger partial charge in [0.2, 0.25) is 0 Å². The Labute approximate surface area is 149 Å². The largest absolute Gasteiger partial charge is 0.345 e. The van der Waals surface area contributed by atoms with E-state index in [0.29, 0.717) is 0 Å². The standard InChI is InChI=1S/C21H27N3O/c1-3-19-20-12-11-15(2)23(20)13-14-24(19)21(25)22-18-10-6-8-16-7-4-5-9-17(16)18/h6,8,10-12,19H,3-5,7,9,13-14H2,1-2H3,(H,22,25). The van der Waals surface area contributed by atoms with Crippen LogP contribution in [-0.2, 0) is 19.4 Å². The van der Waals surface area contributed by atoms with E-state index in [4.69, 9.17) is 0 Å². The van der Waals surface area contributed by atoms with Gasteiger partial charge in [0.25, 0.3) is 0 Å². The summed E-state index contributed by atoms with van der Waals surface area (Å²) in [7, 11) is 0. The molecule has 1 atom stereocenters. The Kier molecular flexibility index (Phi) is 4.28. The zero-order valence-electron chi connectivity index (χ0n) is 15.2. The van der Waals surface area contributed by atoms with Gasteiger partial charge in [-0.2, -0.15) is 0 Å². The highest BCUT2D eigenvalue weighted by atomic mass is 16.2. The lowest BCUT2D eigenvalue weighted by Gasteiger charge is -2.37. The van der Waals surface area contributed by atoms with E-state index in [1.54, 1.807) is 0 Å². The number of fused-ring (bicyclic) bond motifs is 2. The van der Waals surface area contributed by atoms with Crippen molar-refractivity contribution in [2.75, 3.05) is 11.9 Å². The van der Waals surface area contributed by atoms with Gasteiger partial charge in [0.05, 0.1) is 6.04 Å². The molecular formula is C21H27N3O. The Morgan fingerprint density at radius 1 is 1.16 bits per heavy atom. The summed E-state index contributed by atoms with van der Waals surface area (Å²) >= 11 is 0. The lowest BCUT2D eigenvalue weighted by Crippen LogP contribution is -2.44. The number of urea groups is 1. The summed E-state index contributed by atoms with van der Waals surface area (Å²) in [5, 5.41) is 3.22. The number of amides is 2. The number of anilines is 1. The lowest BCUT2D eigenvalue weighted by molar-refractivity contribution is 0.165. The van der Waals surface area contributed by atoms with Crippen molar-refractivity contribution in [2.45, 2.75) is 58.5 Å². The fourth-order valence-corrected chi connectivity index (χ4v) is 4.47. The number of hydrogen-bond donors (Lipinski definition) is 1. The Morgan fingerprint density at radius 2 is 2.00 bits per heavy atom. The maximum atomic E-state index is 13.0. The van der Waals surface area contributed by atoms with Gasteiger partial charge in [0.15, 0.2) is 0 Å². The minimum Gasteiger partial charge on any atom is -0.345 e. The van der Waals surface area contributed by atoms with Gasteiger partial charge in [-0.3, -0.25) is 0 Å². The number of nitrogens with zero attached hydrogens (tertiary/aromatic N) is 2. The molecule has 0 spiro atoms. The number of aryl methyl sites for hydroxylation is 2. The maximum absolute atomic E-state index is 13.0. The number of carbonyl (C=O) groups excluding carboxylic acids is 1. The van der Waals surface area contributed by atoms with Crippen molar-refractivity contribution < 1.29 is 4.79 Å². The fraction of sp³-hybridized carbons (Fsp3) is 0.476. The third-order valence-corrected chi connectivity index (χ3v) is 5.80. The number of nitrogens with one attached hydrogen (secondary N) is 1. The van der Waals surface area contributed by atoms with E-state index in [-0.39, 0.29) is 12.1 Å². The first-order valence-electron chi connectivity index (χ1n) is 9.53. The Hall–Kier alpha value is -2.23. The molecule has 0 bridgehead atoms. The van der Waals surface area contributed by atoms with Crippen LogP contribution in [0.4, 0.5) is 10.5 Å². The highest BCUT2D eigenvalue weighted by Crippen LogP contribution is 2.32. The normalized spacial score (nSPS) is 19.3. The van der Waals surface area contributed by atoms with Crippen LogP contribution in [0.15, 0.2) is 30.3 Å². The first kappa shape index (κ1) is 16.2. The quantitative estimate of drug-likeness (QED) is 0.849. The van der Waals surface area contributed by atoms with Gasteiger partial charge in [-0.25, -0.2) is 4.79 Å². The van der Waals surface area contributed by atoms with Gasteiger partial charge < -0.3 is 14.8 Å². The van der Waals surface area contributed by atoms with Crippen molar-refractivity contribution in [2.24, 2.45) is 0 Å². The van der Waals surface area contributed by atoms with Gasteiger partial charge in [-0.15, -0.1) is 0 Å². The molecule has 0 radical (unpaired) electrons. The van der Waals surface area contributed by atoms with E-state index in [2.05, 4.69) is 54.1 Å². The van der Waals surface area contributed by atoms with Crippen LogP contribution in [0.1, 0.15) is 54.7 Å². The molecule has 1 aromatic carbocycles. The van der Waals surface area contributed by atoms with Gasteiger partial charge in [-0.1, -0.05) is 19.1 Å². The van der Waals surface area contributed by atoms with Crippen LogP contribution >= 0.6 is 0 Å². The number of carbonyl (C=O) groups is 1. The molecule has 132 valence electrons. The van der Waals surface area contributed by atoms with E-state index in [1.165, 1.54) is 35.4 Å². The summed E-state index contributed by atoms with van der Waals surface area (Å²) in [6.45, 7) is 5.95. The monoisotopic (exact) mass is 337 g/mol. The van der Waals surface area contributed by atoms with Gasteiger partial charge in [-0.05, 0) is 68.4 Å². The molecule has 2 aromatic rings. The molecule has 0 fully saturated rings. The van der Waals surface area contributed by atoms with E-state index in [1.807, 2.05) is 4.90 Å². The van der Waals surface area contributed by atoms with Crippen LogP contribution in [0.25, 0.3) is 0 Å². The van der Waals surface area contributed by atoms with E-state index in [9.17, 15) is 4.79 Å². The Morgan fingerprint density at radius 3 is 2.84 bits per heavy atom. The van der Waals surface area contributed by atoms with E-state index in [0.717, 1.165) is 38.0 Å². The zero-order chi connectivity index (χ0) is 17.4. The predicted molar refractivity (Wildman–Crippen MR) is 101 cm³/mol. The Bertz CT molecular complexity index is 792. The van der Waals surface area contributed by atoms with Crippen LogP contribution in [-0.4, -0.2) is 22.0 Å². The minimum atomic E-state index is 0.0379. The summed E-state index contributed by atoms with van der Waals surface area (Å²) in [6, 6.07) is 10.9. The SMILES string of the molecule is CCC1c2ccc(C)n2CCN1C(=O)Nc1cccc2c1CCCC2. The van der Waals surface area contributed by atoms with Crippen molar-refractivity contribution in [3.63, 3.8) is 0 Å². The molecule has 1 aromatic heterocycles. The number of benzene rings is 1. The molecule has 1 aliphatic heterocycles. The van der Waals surface area contributed by atoms with Crippen LogP contribution in [0.2, 0.25) is 0 Å². The van der Waals surface area contributed by atoms with Crippen LogP contribution in [0, 0.1) is 6.92 Å². The summed E-state index contributed by atoms with van der Waals surface area (Å²) in [4.78, 5) is 15.1. The summed E-state index contributed by atoms with van der Waals surface area (Å²) in [6.07, 6.45) is 5.61. The van der Waals surface area contributed by atoms with Crippen LogP contribution in [0.5, 0.6) is 0 Å². The van der Waals surface area contributed by atoms with Crippen molar-refractivity contribution >= 4 is 11.7 Å². The fourth-order valence-electron chi connectivity index (χ4n) is 4.47. The summed E-state index contributed by atoms with van der Waals surface area (Å²) in [5.74, 6) is 0. The highest BCUT2D eigenvalue weighted by molar-refractivity contribution is 5.90. The van der Waals surface area contributed by atoms with Gasteiger partial charge >= 0.3 is 6.03 Å². The molecule has 0 saturated carbocycles. The molecule has 1 N–H and O–H groups in total.